The molecule has 0 spiro atoms. The number of hydrogen-bond donors (Lipinski definition) is 2. The zero-order valence-corrected chi connectivity index (χ0v) is 7.81. The molecule has 1 unspecified atom stereocenters. The molecule has 70 valence electrons. The SMILES string of the molecule is C=C(C)COC(C)NC(=O)NC. The topological polar surface area (TPSA) is 50.4 Å². The molecule has 0 saturated carbocycles. The number of nitrogens with one attached hydrogen (secondary N) is 2. The van der Waals surface area contributed by atoms with E-state index in [0.717, 1.165) is 5.57 Å². The van der Waals surface area contributed by atoms with Crippen LogP contribution >= 0.6 is 0 Å². The van der Waals surface area contributed by atoms with E-state index in [9.17, 15) is 4.79 Å². The van der Waals surface area contributed by atoms with E-state index < -0.39 is 0 Å². The molecule has 0 aliphatic rings. The molecule has 0 bridgehead atoms. The molecule has 0 aliphatic carbocycles. The Labute approximate surface area is 73.0 Å². The van der Waals surface area contributed by atoms with E-state index in [0.29, 0.717) is 6.61 Å². The quantitative estimate of drug-likeness (QED) is 0.488. The van der Waals surface area contributed by atoms with Crippen LogP contribution in [0.3, 0.4) is 0 Å². The second kappa shape index (κ2) is 5.60. The standard InChI is InChI=1S/C8H16N2O2/c1-6(2)5-12-7(3)10-8(11)9-4/h7H,1,5H2,2-4H3,(H2,9,10,11). The highest BCUT2D eigenvalue weighted by Gasteiger charge is 2.03. The lowest BCUT2D eigenvalue weighted by atomic mass is 10.4. The summed E-state index contributed by atoms with van der Waals surface area (Å²) < 4.78 is 5.20. The second-order valence-corrected chi connectivity index (χ2v) is 2.63. The third-order valence-electron chi connectivity index (χ3n) is 1.14. The van der Waals surface area contributed by atoms with Gasteiger partial charge in [-0.15, -0.1) is 0 Å². The summed E-state index contributed by atoms with van der Waals surface area (Å²) in [6, 6.07) is -0.246. The van der Waals surface area contributed by atoms with Crippen LogP contribution in [0, 0.1) is 0 Å². The van der Waals surface area contributed by atoms with Gasteiger partial charge in [-0.25, -0.2) is 4.79 Å². The van der Waals surface area contributed by atoms with Gasteiger partial charge in [0.25, 0.3) is 0 Å². The Balaban J connectivity index is 3.52. The van der Waals surface area contributed by atoms with Crippen LogP contribution in [0.25, 0.3) is 0 Å². The average Bonchev–Trinajstić information content (AvgIpc) is 2.00. The van der Waals surface area contributed by atoms with Crippen molar-refractivity contribution in [1.82, 2.24) is 10.6 Å². The number of ether oxygens (including phenoxy) is 1. The minimum Gasteiger partial charge on any atom is -0.354 e. The number of rotatable bonds is 4. The van der Waals surface area contributed by atoms with Crippen LogP contribution in [0.1, 0.15) is 13.8 Å². The van der Waals surface area contributed by atoms with Crippen LogP contribution < -0.4 is 10.6 Å². The van der Waals surface area contributed by atoms with Crippen LogP contribution in [0.15, 0.2) is 12.2 Å². The van der Waals surface area contributed by atoms with Crippen LogP contribution in [-0.2, 0) is 4.74 Å². The van der Waals surface area contributed by atoms with E-state index in [-0.39, 0.29) is 12.3 Å². The van der Waals surface area contributed by atoms with Gasteiger partial charge in [0, 0.05) is 7.05 Å². The molecule has 0 aromatic rings. The van der Waals surface area contributed by atoms with Gasteiger partial charge in [0.1, 0.15) is 6.23 Å². The van der Waals surface area contributed by atoms with Crippen molar-refractivity contribution >= 4 is 6.03 Å². The molecule has 0 fully saturated rings. The first-order chi connectivity index (χ1) is 5.56. The zero-order valence-electron chi connectivity index (χ0n) is 7.81. The van der Waals surface area contributed by atoms with Crippen LogP contribution in [0.5, 0.6) is 0 Å². The van der Waals surface area contributed by atoms with Crippen molar-refractivity contribution in [2.45, 2.75) is 20.1 Å². The van der Waals surface area contributed by atoms with Gasteiger partial charge in [0.05, 0.1) is 6.61 Å². The molecule has 0 aromatic heterocycles. The Morgan fingerprint density at radius 3 is 2.67 bits per heavy atom. The molecule has 0 aliphatic heterocycles. The number of carbonyl (C=O) groups excluding carboxylic acids is 1. The molecule has 4 nitrogen and oxygen atoms in total. The van der Waals surface area contributed by atoms with Gasteiger partial charge in [0.15, 0.2) is 0 Å². The minimum atomic E-state index is -0.290. The third kappa shape index (κ3) is 5.73. The van der Waals surface area contributed by atoms with Gasteiger partial charge in [-0.05, 0) is 13.8 Å². The van der Waals surface area contributed by atoms with Gasteiger partial charge < -0.3 is 15.4 Å². The van der Waals surface area contributed by atoms with Crippen molar-refractivity contribution in [3.63, 3.8) is 0 Å². The number of amides is 2. The Morgan fingerprint density at radius 2 is 2.25 bits per heavy atom. The van der Waals surface area contributed by atoms with E-state index in [1.165, 1.54) is 0 Å². The van der Waals surface area contributed by atoms with Gasteiger partial charge in [0.2, 0.25) is 0 Å². The highest BCUT2D eigenvalue weighted by atomic mass is 16.5. The highest BCUT2D eigenvalue weighted by molar-refractivity contribution is 5.73. The monoisotopic (exact) mass is 172 g/mol. The summed E-state index contributed by atoms with van der Waals surface area (Å²) in [7, 11) is 1.56. The minimum absolute atomic E-state index is 0.246. The summed E-state index contributed by atoms with van der Waals surface area (Å²) in [5.74, 6) is 0. The predicted molar refractivity (Wildman–Crippen MR) is 47.8 cm³/mol. The molecule has 4 heteroatoms. The molecule has 0 radical (unpaired) electrons. The maximum atomic E-state index is 10.7. The zero-order chi connectivity index (χ0) is 9.56. The van der Waals surface area contributed by atoms with Crippen molar-refractivity contribution in [3.05, 3.63) is 12.2 Å². The normalized spacial score (nSPS) is 11.9. The van der Waals surface area contributed by atoms with E-state index in [1.54, 1.807) is 14.0 Å². The summed E-state index contributed by atoms with van der Waals surface area (Å²) in [4.78, 5) is 10.7. The fourth-order valence-electron chi connectivity index (χ4n) is 0.566. The molecule has 0 saturated heterocycles. The summed E-state index contributed by atoms with van der Waals surface area (Å²) in [5.41, 5.74) is 0.931. The Kier molecular flexibility index (Phi) is 5.12. The summed E-state index contributed by atoms with van der Waals surface area (Å²) >= 11 is 0. The first-order valence-electron chi connectivity index (χ1n) is 3.80. The summed E-state index contributed by atoms with van der Waals surface area (Å²) in [6.07, 6.45) is -0.290. The van der Waals surface area contributed by atoms with Gasteiger partial charge in [-0.1, -0.05) is 12.2 Å². The lowest BCUT2D eigenvalue weighted by molar-refractivity contribution is 0.0659. The van der Waals surface area contributed by atoms with E-state index in [4.69, 9.17) is 4.74 Å². The lowest BCUT2D eigenvalue weighted by Gasteiger charge is -2.14. The van der Waals surface area contributed by atoms with E-state index in [2.05, 4.69) is 17.2 Å². The summed E-state index contributed by atoms with van der Waals surface area (Å²) in [5, 5.41) is 5.00. The van der Waals surface area contributed by atoms with E-state index >= 15 is 0 Å². The predicted octanol–water partition coefficient (Wildman–Crippen LogP) is 0.854. The Hall–Kier alpha value is -1.03. The van der Waals surface area contributed by atoms with Crippen LogP contribution in [0.2, 0.25) is 0 Å². The van der Waals surface area contributed by atoms with Crippen molar-refractivity contribution < 1.29 is 9.53 Å². The van der Waals surface area contributed by atoms with Crippen molar-refractivity contribution in [2.24, 2.45) is 0 Å². The summed E-state index contributed by atoms with van der Waals surface area (Å²) in [6.45, 7) is 7.77. The number of urea groups is 1. The third-order valence-corrected chi connectivity index (χ3v) is 1.14. The van der Waals surface area contributed by atoms with Crippen molar-refractivity contribution in [2.75, 3.05) is 13.7 Å². The molecular weight excluding hydrogens is 156 g/mol. The first kappa shape index (κ1) is 11.0. The second-order valence-electron chi connectivity index (χ2n) is 2.63. The molecule has 0 heterocycles. The fraction of sp³-hybridized carbons (Fsp3) is 0.625. The molecule has 2 N–H and O–H groups in total. The van der Waals surface area contributed by atoms with Crippen LogP contribution in [0.4, 0.5) is 4.79 Å². The van der Waals surface area contributed by atoms with E-state index in [1.807, 2.05) is 6.92 Å². The lowest BCUT2D eigenvalue weighted by Crippen LogP contribution is -2.40. The molecular formula is C8H16N2O2. The van der Waals surface area contributed by atoms with Gasteiger partial charge in [-0.2, -0.15) is 0 Å². The van der Waals surface area contributed by atoms with Crippen molar-refractivity contribution in [3.8, 4) is 0 Å². The molecule has 0 rings (SSSR count). The molecule has 0 aromatic carbocycles. The Morgan fingerprint density at radius 1 is 1.67 bits per heavy atom. The maximum Gasteiger partial charge on any atom is 0.316 e. The van der Waals surface area contributed by atoms with Gasteiger partial charge >= 0.3 is 6.03 Å². The molecule has 2 amide bonds. The fourth-order valence-corrected chi connectivity index (χ4v) is 0.566. The largest absolute Gasteiger partial charge is 0.354 e. The molecule has 12 heavy (non-hydrogen) atoms. The van der Waals surface area contributed by atoms with Gasteiger partial charge in [-0.3, -0.25) is 0 Å². The smallest absolute Gasteiger partial charge is 0.316 e. The number of carbonyl (C=O) groups is 1. The molecule has 1 atom stereocenters. The Bertz CT molecular complexity index is 168. The van der Waals surface area contributed by atoms with Crippen LogP contribution in [-0.4, -0.2) is 25.9 Å². The number of hydrogen-bond acceptors (Lipinski definition) is 2. The highest BCUT2D eigenvalue weighted by Crippen LogP contribution is 1.92. The average molecular weight is 172 g/mol. The van der Waals surface area contributed by atoms with Crippen molar-refractivity contribution in [1.29, 1.82) is 0 Å². The first-order valence-corrected chi connectivity index (χ1v) is 3.80. The maximum absolute atomic E-state index is 10.7.